The summed E-state index contributed by atoms with van der Waals surface area (Å²) in [6.07, 6.45) is 0. The number of aryl methyl sites for hydroxylation is 2. The minimum atomic E-state index is -0.139. The molecule has 0 aliphatic heterocycles. The van der Waals surface area contributed by atoms with E-state index in [1.165, 1.54) is 0 Å². The summed E-state index contributed by atoms with van der Waals surface area (Å²) >= 11 is 6.08. The lowest BCUT2D eigenvalue weighted by atomic mass is 10.1. The van der Waals surface area contributed by atoms with Crippen LogP contribution < -0.4 is 10.2 Å². The van der Waals surface area contributed by atoms with E-state index in [0.29, 0.717) is 17.5 Å². The molecule has 18 heavy (non-hydrogen) atoms. The first-order valence-corrected chi connectivity index (χ1v) is 6.18. The Morgan fingerprint density at radius 1 is 1.39 bits per heavy atom. The summed E-state index contributed by atoms with van der Waals surface area (Å²) in [6.45, 7) is 6.15. The van der Waals surface area contributed by atoms with Crippen LogP contribution in [0.5, 0.6) is 0 Å². The molecule has 1 aromatic rings. The Labute approximate surface area is 113 Å². The molecule has 1 amide bonds. The summed E-state index contributed by atoms with van der Waals surface area (Å²) in [5.41, 5.74) is 1.66. The normalized spacial score (nSPS) is 12.1. The van der Waals surface area contributed by atoms with E-state index in [4.69, 9.17) is 11.6 Å². The highest BCUT2D eigenvalue weighted by Gasteiger charge is 2.17. The van der Waals surface area contributed by atoms with Gasteiger partial charge in [-0.3, -0.25) is 4.79 Å². The molecule has 0 fully saturated rings. The highest BCUT2D eigenvalue weighted by atomic mass is 35.5. The third kappa shape index (κ3) is 3.32. The number of halogens is 1. The van der Waals surface area contributed by atoms with Crippen molar-refractivity contribution in [1.82, 2.24) is 15.3 Å². The van der Waals surface area contributed by atoms with Crippen LogP contribution in [0.3, 0.4) is 0 Å². The van der Waals surface area contributed by atoms with Gasteiger partial charge in [0.05, 0.1) is 17.3 Å². The zero-order chi connectivity index (χ0) is 13.9. The molecule has 0 bridgehead atoms. The zero-order valence-corrected chi connectivity index (χ0v) is 12.2. The zero-order valence-electron chi connectivity index (χ0n) is 11.4. The topological polar surface area (TPSA) is 58.1 Å². The van der Waals surface area contributed by atoms with E-state index in [0.717, 1.165) is 11.4 Å². The van der Waals surface area contributed by atoms with Crippen molar-refractivity contribution in [3.05, 3.63) is 16.5 Å². The Balaban J connectivity index is 2.87. The van der Waals surface area contributed by atoms with Crippen LogP contribution in [0.2, 0.25) is 5.15 Å². The first-order valence-electron chi connectivity index (χ1n) is 5.80. The maximum Gasteiger partial charge on any atom is 0.224 e. The van der Waals surface area contributed by atoms with Crippen molar-refractivity contribution in [3.63, 3.8) is 0 Å². The lowest BCUT2D eigenvalue weighted by Gasteiger charge is -2.22. The van der Waals surface area contributed by atoms with E-state index in [1.54, 1.807) is 7.05 Å². The number of carbonyl (C=O) groups excluding carboxylic acids is 1. The highest BCUT2D eigenvalue weighted by molar-refractivity contribution is 6.31. The Kier molecular flexibility index (Phi) is 4.90. The van der Waals surface area contributed by atoms with Crippen molar-refractivity contribution in [2.75, 3.05) is 25.5 Å². The van der Waals surface area contributed by atoms with Crippen molar-refractivity contribution >= 4 is 23.3 Å². The molecule has 1 N–H and O–H groups in total. The Morgan fingerprint density at radius 3 is 2.50 bits per heavy atom. The maximum absolute atomic E-state index is 11.5. The molecule has 0 aromatic carbocycles. The van der Waals surface area contributed by atoms with Crippen molar-refractivity contribution in [2.24, 2.45) is 5.92 Å². The van der Waals surface area contributed by atoms with Gasteiger partial charge in [-0.25, -0.2) is 9.97 Å². The monoisotopic (exact) mass is 270 g/mol. The minimum absolute atomic E-state index is 0.00485. The van der Waals surface area contributed by atoms with Crippen molar-refractivity contribution in [1.29, 1.82) is 0 Å². The van der Waals surface area contributed by atoms with Crippen molar-refractivity contribution < 1.29 is 4.79 Å². The van der Waals surface area contributed by atoms with Gasteiger partial charge in [0.15, 0.2) is 11.0 Å². The van der Waals surface area contributed by atoms with Gasteiger partial charge in [0.1, 0.15) is 0 Å². The second kappa shape index (κ2) is 6.00. The van der Waals surface area contributed by atoms with Crippen LogP contribution in [0.25, 0.3) is 0 Å². The van der Waals surface area contributed by atoms with Crippen LogP contribution in [0.1, 0.15) is 18.3 Å². The molecule has 0 saturated carbocycles. The third-order valence-corrected chi connectivity index (χ3v) is 3.10. The van der Waals surface area contributed by atoms with Crippen LogP contribution in [0.4, 0.5) is 5.82 Å². The quantitative estimate of drug-likeness (QED) is 0.902. The van der Waals surface area contributed by atoms with Gasteiger partial charge in [-0.05, 0) is 13.8 Å². The Bertz CT molecular complexity index is 450. The van der Waals surface area contributed by atoms with Gasteiger partial charge in [-0.2, -0.15) is 0 Å². The molecule has 1 atom stereocenters. The molecule has 1 aromatic heterocycles. The van der Waals surface area contributed by atoms with Gasteiger partial charge in [-0.15, -0.1) is 0 Å². The largest absolute Gasteiger partial charge is 0.359 e. The predicted octanol–water partition coefficient (Wildman–Crippen LogP) is 1.57. The lowest BCUT2D eigenvalue weighted by molar-refractivity contribution is -0.123. The van der Waals surface area contributed by atoms with Gasteiger partial charge in [0.25, 0.3) is 0 Å². The average molecular weight is 271 g/mol. The molecule has 0 spiro atoms. The number of hydrogen-bond donors (Lipinski definition) is 1. The number of rotatable bonds is 4. The predicted molar refractivity (Wildman–Crippen MR) is 73.0 cm³/mol. The molecule has 100 valence electrons. The van der Waals surface area contributed by atoms with Crippen LogP contribution >= 0.6 is 11.6 Å². The van der Waals surface area contributed by atoms with E-state index >= 15 is 0 Å². The molecule has 0 radical (unpaired) electrons. The van der Waals surface area contributed by atoms with Gasteiger partial charge in [0, 0.05) is 20.6 Å². The lowest BCUT2D eigenvalue weighted by Crippen LogP contribution is -2.35. The van der Waals surface area contributed by atoms with E-state index in [-0.39, 0.29) is 11.8 Å². The molecular weight excluding hydrogens is 252 g/mol. The SMILES string of the molecule is CNC(=O)C(C)CN(C)c1nc(C)c(C)nc1Cl. The van der Waals surface area contributed by atoms with Gasteiger partial charge in [-0.1, -0.05) is 18.5 Å². The third-order valence-electron chi connectivity index (χ3n) is 2.85. The number of hydrogen-bond acceptors (Lipinski definition) is 4. The van der Waals surface area contributed by atoms with Crippen molar-refractivity contribution in [2.45, 2.75) is 20.8 Å². The van der Waals surface area contributed by atoms with E-state index in [9.17, 15) is 4.79 Å². The molecule has 1 unspecified atom stereocenters. The Hall–Kier alpha value is -1.36. The molecule has 0 aliphatic rings. The van der Waals surface area contributed by atoms with Crippen LogP contribution in [-0.2, 0) is 4.79 Å². The Morgan fingerprint density at radius 2 is 1.94 bits per heavy atom. The number of nitrogens with zero attached hydrogens (tertiary/aromatic N) is 3. The number of nitrogens with one attached hydrogen (secondary N) is 1. The number of anilines is 1. The minimum Gasteiger partial charge on any atom is -0.359 e. The molecule has 0 saturated heterocycles. The highest BCUT2D eigenvalue weighted by Crippen LogP contribution is 2.22. The average Bonchev–Trinajstić information content (AvgIpc) is 2.32. The first kappa shape index (κ1) is 14.7. The molecule has 5 nitrogen and oxygen atoms in total. The van der Waals surface area contributed by atoms with Crippen LogP contribution in [0, 0.1) is 19.8 Å². The van der Waals surface area contributed by atoms with Gasteiger partial charge >= 0.3 is 0 Å². The summed E-state index contributed by atoms with van der Waals surface area (Å²) in [5.74, 6) is 0.463. The maximum atomic E-state index is 11.5. The molecule has 0 aliphatic carbocycles. The number of amides is 1. The van der Waals surface area contributed by atoms with Crippen LogP contribution in [-0.4, -0.2) is 36.5 Å². The summed E-state index contributed by atoms with van der Waals surface area (Å²) in [4.78, 5) is 22.0. The summed E-state index contributed by atoms with van der Waals surface area (Å²) in [5, 5.41) is 2.99. The van der Waals surface area contributed by atoms with Crippen molar-refractivity contribution in [3.8, 4) is 0 Å². The fourth-order valence-electron chi connectivity index (χ4n) is 1.63. The number of carbonyl (C=O) groups is 1. The molecular formula is C12H19ClN4O. The smallest absolute Gasteiger partial charge is 0.224 e. The fourth-order valence-corrected chi connectivity index (χ4v) is 1.95. The standard InChI is InChI=1S/C12H19ClN4O/c1-7(12(18)14-4)6-17(5)11-10(13)15-8(2)9(3)16-11/h7H,6H2,1-5H3,(H,14,18). The second-order valence-electron chi connectivity index (χ2n) is 4.40. The van der Waals surface area contributed by atoms with E-state index in [1.807, 2.05) is 32.7 Å². The van der Waals surface area contributed by atoms with Gasteiger partial charge < -0.3 is 10.2 Å². The molecule has 1 rings (SSSR count). The summed E-state index contributed by atoms with van der Waals surface area (Å²) < 4.78 is 0. The second-order valence-corrected chi connectivity index (χ2v) is 4.76. The van der Waals surface area contributed by atoms with E-state index < -0.39 is 0 Å². The van der Waals surface area contributed by atoms with E-state index in [2.05, 4.69) is 15.3 Å². The number of aromatic nitrogens is 2. The molecule has 6 heteroatoms. The summed E-state index contributed by atoms with van der Waals surface area (Å²) in [6, 6.07) is 0. The first-order chi connectivity index (χ1) is 8.36. The van der Waals surface area contributed by atoms with Crippen LogP contribution in [0.15, 0.2) is 0 Å². The molecule has 1 heterocycles. The summed E-state index contributed by atoms with van der Waals surface area (Å²) in [7, 11) is 3.48. The fraction of sp³-hybridized carbons (Fsp3) is 0.583. The van der Waals surface area contributed by atoms with Gasteiger partial charge in [0.2, 0.25) is 5.91 Å².